The smallest absolute Gasteiger partial charge is 0.361 e. The van der Waals surface area contributed by atoms with Crippen molar-refractivity contribution in [1.82, 2.24) is 0 Å². The summed E-state index contributed by atoms with van der Waals surface area (Å²) >= 11 is 0. The summed E-state index contributed by atoms with van der Waals surface area (Å²) in [6.45, 7) is 5.75. The molecule has 2 aromatic rings. The highest BCUT2D eigenvalue weighted by molar-refractivity contribution is 5.70. The predicted octanol–water partition coefficient (Wildman–Crippen LogP) is 8.91. The average Bonchev–Trinajstić information content (AvgIpc) is 2.92. The lowest BCUT2D eigenvalue weighted by atomic mass is 10.0. The van der Waals surface area contributed by atoms with Gasteiger partial charge in [0.15, 0.2) is 6.54 Å². The molecule has 0 spiro atoms. The van der Waals surface area contributed by atoms with Gasteiger partial charge in [-0.25, -0.2) is 4.79 Å². The maximum absolute atomic E-state index is 12.5. The first kappa shape index (κ1) is 32.9. The molecule has 1 unspecified atom stereocenters. The Kier molecular flexibility index (Phi) is 16.6. The number of carbonyl (C=O) groups excluding carboxylic acids is 1. The van der Waals surface area contributed by atoms with Crippen molar-refractivity contribution in [3.63, 3.8) is 0 Å². The van der Waals surface area contributed by atoms with E-state index < -0.39 is 0 Å². The molecule has 39 heavy (non-hydrogen) atoms. The van der Waals surface area contributed by atoms with E-state index in [9.17, 15) is 4.79 Å². The number of hydrogen-bond acceptors (Lipinski definition) is 3. The number of benzene rings is 2. The molecule has 4 nitrogen and oxygen atoms in total. The number of likely N-dealkylation sites (N-methyl/N-ethyl adjacent to an activating group) is 1. The molecule has 0 N–H and O–H groups in total. The Morgan fingerprint density at radius 3 is 1.85 bits per heavy atom. The van der Waals surface area contributed by atoms with Crippen LogP contribution in [-0.2, 0) is 22.5 Å². The van der Waals surface area contributed by atoms with Crippen LogP contribution >= 0.6 is 0 Å². The molecule has 0 saturated carbocycles. The Labute approximate surface area is 239 Å². The normalized spacial score (nSPS) is 12.3. The number of nitrogens with zero attached hydrogens (tertiary/aromatic N) is 1. The number of quaternary nitrogens is 1. The molecule has 0 bridgehead atoms. The van der Waals surface area contributed by atoms with E-state index in [-0.39, 0.29) is 18.7 Å². The molecular formula is C35H56NO3+. The van der Waals surface area contributed by atoms with Gasteiger partial charge in [0.1, 0.15) is 25.0 Å². The van der Waals surface area contributed by atoms with Gasteiger partial charge in [0.25, 0.3) is 0 Å². The third-order valence-corrected chi connectivity index (χ3v) is 7.44. The first-order valence-corrected chi connectivity index (χ1v) is 15.7. The van der Waals surface area contributed by atoms with Crippen molar-refractivity contribution in [2.45, 2.75) is 116 Å². The number of hydrogen-bond donors (Lipinski definition) is 0. The Hall–Kier alpha value is -2.33. The maximum atomic E-state index is 12.5. The van der Waals surface area contributed by atoms with Crippen molar-refractivity contribution in [3.8, 4) is 5.75 Å². The fraction of sp³-hybridized carbons (Fsp3) is 0.629. The summed E-state index contributed by atoms with van der Waals surface area (Å²) in [4.78, 5) is 12.5. The molecule has 0 aliphatic carbocycles. The lowest BCUT2D eigenvalue weighted by Crippen LogP contribution is -2.44. The third-order valence-electron chi connectivity index (χ3n) is 7.44. The molecule has 0 radical (unpaired) electrons. The number of unbranched alkanes of at least 4 members (excludes halogenated alkanes) is 11. The maximum Gasteiger partial charge on any atom is 0.361 e. The number of esters is 1. The SMILES string of the molecule is CCCCCCCCCCCCCCc1ccc(OC(CC)COC(=O)C[N+](C)(C)Cc2ccccc2)cc1. The van der Waals surface area contributed by atoms with Crippen molar-refractivity contribution in [2.24, 2.45) is 0 Å². The molecule has 0 heterocycles. The number of aryl methyl sites for hydroxylation is 1. The number of carbonyl (C=O) groups is 1. The van der Waals surface area contributed by atoms with Gasteiger partial charge in [0.05, 0.1) is 14.1 Å². The first-order chi connectivity index (χ1) is 18.9. The second-order valence-corrected chi connectivity index (χ2v) is 11.9. The summed E-state index contributed by atoms with van der Waals surface area (Å²) in [6, 6.07) is 18.7. The standard InChI is InChI=1S/C35H56NO3/c1-5-7-8-9-10-11-12-13-14-15-16-18-21-31-24-26-34(27-25-31)39-33(6-2)30-38-35(37)29-36(3,4)28-32-22-19-17-20-23-32/h17,19-20,22-27,33H,5-16,18,21,28-30H2,1-4H3/q+1. The second kappa shape index (κ2) is 19.7. The van der Waals surface area contributed by atoms with E-state index in [1.165, 1.54) is 88.2 Å². The first-order valence-electron chi connectivity index (χ1n) is 15.7. The molecule has 0 aliphatic rings. The summed E-state index contributed by atoms with van der Waals surface area (Å²) in [5.41, 5.74) is 2.58. The molecule has 0 aromatic heterocycles. The van der Waals surface area contributed by atoms with Gasteiger partial charge in [-0.05, 0) is 37.0 Å². The van der Waals surface area contributed by atoms with E-state index in [0.717, 1.165) is 25.1 Å². The van der Waals surface area contributed by atoms with Crippen LogP contribution in [0.2, 0.25) is 0 Å². The fourth-order valence-electron chi connectivity index (χ4n) is 5.05. The van der Waals surface area contributed by atoms with E-state index in [2.05, 4.69) is 64.3 Å². The number of ether oxygens (including phenoxy) is 2. The Balaban J connectivity index is 1.58. The summed E-state index contributed by atoms with van der Waals surface area (Å²) in [6.07, 6.45) is 18.3. The topological polar surface area (TPSA) is 35.5 Å². The quantitative estimate of drug-likeness (QED) is 0.0853. The molecule has 0 aliphatic heterocycles. The monoisotopic (exact) mass is 538 g/mol. The van der Waals surface area contributed by atoms with Gasteiger partial charge in [-0.2, -0.15) is 0 Å². The van der Waals surface area contributed by atoms with Gasteiger partial charge in [-0.15, -0.1) is 0 Å². The van der Waals surface area contributed by atoms with Crippen LogP contribution < -0.4 is 4.74 Å². The zero-order valence-corrected chi connectivity index (χ0v) is 25.5. The summed E-state index contributed by atoms with van der Waals surface area (Å²) in [5.74, 6) is 0.660. The van der Waals surface area contributed by atoms with Gasteiger partial charge in [0.2, 0.25) is 0 Å². The highest BCUT2D eigenvalue weighted by Crippen LogP contribution is 2.18. The fourth-order valence-corrected chi connectivity index (χ4v) is 5.05. The van der Waals surface area contributed by atoms with Crippen LogP contribution in [0.1, 0.15) is 108 Å². The van der Waals surface area contributed by atoms with Crippen LogP contribution in [0, 0.1) is 0 Å². The van der Waals surface area contributed by atoms with E-state index in [0.29, 0.717) is 11.0 Å². The van der Waals surface area contributed by atoms with Gasteiger partial charge in [0, 0.05) is 5.56 Å². The largest absolute Gasteiger partial charge is 0.487 e. The van der Waals surface area contributed by atoms with E-state index in [1.807, 2.05) is 18.2 Å². The summed E-state index contributed by atoms with van der Waals surface area (Å²) in [5, 5.41) is 0. The predicted molar refractivity (Wildman–Crippen MR) is 164 cm³/mol. The molecule has 0 saturated heterocycles. The molecule has 2 aromatic carbocycles. The van der Waals surface area contributed by atoms with Crippen molar-refractivity contribution in [1.29, 1.82) is 0 Å². The molecule has 0 fully saturated rings. The van der Waals surface area contributed by atoms with Crippen LogP contribution in [-0.4, -0.2) is 43.8 Å². The molecule has 2 rings (SSSR count). The molecule has 0 amide bonds. The minimum absolute atomic E-state index is 0.138. The zero-order valence-electron chi connectivity index (χ0n) is 25.5. The van der Waals surface area contributed by atoms with Gasteiger partial charge >= 0.3 is 5.97 Å². The zero-order chi connectivity index (χ0) is 28.2. The van der Waals surface area contributed by atoms with Crippen LogP contribution in [0.4, 0.5) is 0 Å². The molecular weight excluding hydrogens is 482 g/mol. The Bertz CT molecular complexity index is 879. The van der Waals surface area contributed by atoms with Gasteiger partial charge in [-0.1, -0.05) is 127 Å². The third kappa shape index (κ3) is 15.8. The Morgan fingerprint density at radius 1 is 0.718 bits per heavy atom. The lowest BCUT2D eigenvalue weighted by Gasteiger charge is -2.29. The molecule has 1 atom stereocenters. The van der Waals surface area contributed by atoms with Crippen molar-refractivity contribution >= 4 is 5.97 Å². The highest BCUT2D eigenvalue weighted by Gasteiger charge is 2.23. The minimum Gasteiger partial charge on any atom is -0.487 e. The van der Waals surface area contributed by atoms with Crippen LogP contribution in [0.3, 0.4) is 0 Å². The van der Waals surface area contributed by atoms with Gasteiger partial charge in [-0.3, -0.25) is 0 Å². The Morgan fingerprint density at radius 2 is 1.28 bits per heavy atom. The van der Waals surface area contributed by atoms with Gasteiger partial charge < -0.3 is 14.0 Å². The molecule has 218 valence electrons. The van der Waals surface area contributed by atoms with E-state index in [4.69, 9.17) is 9.47 Å². The van der Waals surface area contributed by atoms with E-state index in [1.54, 1.807) is 0 Å². The minimum atomic E-state index is -0.185. The van der Waals surface area contributed by atoms with Crippen molar-refractivity contribution in [2.75, 3.05) is 27.2 Å². The van der Waals surface area contributed by atoms with Crippen LogP contribution in [0.15, 0.2) is 54.6 Å². The highest BCUT2D eigenvalue weighted by atomic mass is 16.6. The molecule has 4 heteroatoms. The van der Waals surface area contributed by atoms with Crippen LogP contribution in [0.25, 0.3) is 0 Å². The number of rotatable bonds is 22. The second-order valence-electron chi connectivity index (χ2n) is 11.9. The van der Waals surface area contributed by atoms with Crippen molar-refractivity contribution in [3.05, 3.63) is 65.7 Å². The summed E-state index contributed by atoms with van der Waals surface area (Å²) < 4.78 is 12.3. The van der Waals surface area contributed by atoms with Crippen molar-refractivity contribution < 1.29 is 18.8 Å². The average molecular weight is 539 g/mol. The summed E-state index contributed by atoms with van der Waals surface area (Å²) in [7, 11) is 4.11. The lowest BCUT2D eigenvalue weighted by molar-refractivity contribution is -0.896. The van der Waals surface area contributed by atoms with E-state index >= 15 is 0 Å². The van der Waals surface area contributed by atoms with Crippen LogP contribution in [0.5, 0.6) is 5.75 Å².